The van der Waals surface area contributed by atoms with Crippen LogP contribution < -0.4 is 10.0 Å². The van der Waals surface area contributed by atoms with Gasteiger partial charge in [-0.05, 0) is 23.6 Å². The van der Waals surface area contributed by atoms with Crippen LogP contribution >= 0.6 is 0 Å². The first-order valence-corrected chi connectivity index (χ1v) is 8.12. The predicted molar refractivity (Wildman–Crippen MR) is 74.1 cm³/mol. The van der Waals surface area contributed by atoms with E-state index in [-0.39, 0.29) is 12.4 Å². The van der Waals surface area contributed by atoms with Crippen LogP contribution in [0.25, 0.3) is 0 Å². The summed E-state index contributed by atoms with van der Waals surface area (Å²) in [7, 11) is -3.26. The van der Waals surface area contributed by atoms with Gasteiger partial charge >= 0.3 is 0 Å². The molecule has 1 aromatic carbocycles. The Labute approximate surface area is 114 Å². The Bertz CT molecular complexity index is 529. The van der Waals surface area contributed by atoms with E-state index in [0.29, 0.717) is 13.2 Å². The average molecular weight is 284 g/mol. The van der Waals surface area contributed by atoms with Crippen molar-refractivity contribution in [1.29, 1.82) is 0 Å². The number of benzene rings is 1. The third kappa shape index (κ3) is 4.28. The number of sulfonamides is 1. The maximum Gasteiger partial charge on any atom is 0.214 e. The summed E-state index contributed by atoms with van der Waals surface area (Å²) in [6.07, 6.45) is 0. The zero-order valence-corrected chi connectivity index (χ0v) is 11.9. The molecule has 19 heavy (non-hydrogen) atoms. The second-order valence-electron chi connectivity index (χ2n) is 4.54. The lowest BCUT2D eigenvalue weighted by atomic mass is 10.1. The zero-order chi connectivity index (χ0) is 13.7. The molecule has 0 bridgehead atoms. The van der Waals surface area contributed by atoms with Gasteiger partial charge in [-0.3, -0.25) is 0 Å². The highest BCUT2D eigenvalue weighted by Gasteiger charge is 2.12. The van der Waals surface area contributed by atoms with Crippen molar-refractivity contribution in [2.24, 2.45) is 0 Å². The van der Waals surface area contributed by atoms with Crippen LogP contribution in [0.4, 0.5) is 0 Å². The van der Waals surface area contributed by atoms with Crippen molar-refractivity contribution >= 4 is 10.0 Å². The van der Waals surface area contributed by atoms with E-state index in [0.717, 1.165) is 18.7 Å². The molecule has 1 heterocycles. The van der Waals surface area contributed by atoms with Crippen molar-refractivity contribution in [3.05, 3.63) is 34.9 Å². The maximum atomic E-state index is 11.7. The Kier molecular flexibility index (Phi) is 4.93. The minimum absolute atomic E-state index is 0.00728. The largest absolute Gasteiger partial charge is 0.381 e. The van der Waals surface area contributed by atoms with Crippen molar-refractivity contribution in [2.45, 2.75) is 26.6 Å². The van der Waals surface area contributed by atoms with E-state index in [1.54, 1.807) is 0 Å². The smallest absolute Gasteiger partial charge is 0.214 e. The topological polar surface area (TPSA) is 67.4 Å². The summed E-state index contributed by atoms with van der Waals surface area (Å²) in [5.41, 5.74) is 3.54. The average Bonchev–Trinajstić information content (AvgIpc) is 2.84. The van der Waals surface area contributed by atoms with Crippen LogP contribution in [0.5, 0.6) is 0 Å². The molecule has 0 fully saturated rings. The van der Waals surface area contributed by atoms with Gasteiger partial charge in [-0.1, -0.05) is 18.2 Å². The summed E-state index contributed by atoms with van der Waals surface area (Å²) < 4.78 is 31.1. The molecule has 0 unspecified atom stereocenters. The summed E-state index contributed by atoms with van der Waals surface area (Å²) in [5.74, 6) is 0.00728. The Balaban J connectivity index is 1.88. The zero-order valence-electron chi connectivity index (χ0n) is 11.1. The van der Waals surface area contributed by atoms with E-state index in [1.165, 1.54) is 11.1 Å². The van der Waals surface area contributed by atoms with Crippen LogP contribution in [-0.2, 0) is 34.4 Å². The van der Waals surface area contributed by atoms with Gasteiger partial charge in [-0.2, -0.15) is 0 Å². The van der Waals surface area contributed by atoms with Crippen molar-refractivity contribution < 1.29 is 13.2 Å². The monoisotopic (exact) mass is 284 g/mol. The van der Waals surface area contributed by atoms with Crippen LogP contribution in [0, 0.1) is 0 Å². The molecule has 0 amide bonds. The third-order valence-electron chi connectivity index (χ3n) is 3.10. The lowest BCUT2D eigenvalue weighted by molar-refractivity contribution is 0.163. The molecule has 6 heteroatoms. The highest BCUT2D eigenvalue weighted by molar-refractivity contribution is 7.89. The molecule has 5 nitrogen and oxygen atoms in total. The molecule has 0 spiro atoms. The van der Waals surface area contributed by atoms with Crippen molar-refractivity contribution in [1.82, 2.24) is 10.0 Å². The number of fused-ring (bicyclic) bond motifs is 1. The maximum absolute atomic E-state index is 11.7. The molecule has 2 N–H and O–H groups in total. The molecule has 1 aliphatic heterocycles. The van der Waals surface area contributed by atoms with E-state index < -0.39 is 10.0 Å². The van der Waals surface area contributed by atoms with E-state index in [1.807, 2.05) is 13.0 Å². The van der Waals surface area contributed by atoms with Crippen molar-refractivity contribution in [3.8, 4) is 0 Å². The molecule has 0 aliphatic carbocycles. The lowest BCUT2D eigenvalue weighted by Gasteiger charge is -2.08. The van der Waals surface area contributed by atoms with E-state index in [4.69, 9.17) is 4.74 Å². The molecule has 2 rings (SSSR count). The SMILES string of the molecule is CCOCCS(=O)(=O)NCc1ccc2c(c1)CNC2. The first kappa shape index (κ1) is 14.5. The van der Waals surface area contributed by atoms with Gasteiger partial charge in [0.25, 0.3) is 0 Å². The van der Waals surface area contributed by atoms with E-state index in [2.05, 4.69) is 22.2 Å². The fourth-order valence-corrected chi connectivity index (χ4v) is 2.90. The molecule has 0 aromatic heterocycles. The summed E-state index contributed by atoms with van der Waals surface area (Å²) in [6, 6.07) is 6.08. The molecular weight excluding hydrogens is 264 g/mol. The lowest BCUT2D eigenvalue weighted by Crippen LogP contribution is -2.28. The summed E-state index contributed by atoms with van der Waals surface area (Å²) in [5, 5.41) is 3.27. The van der Waals surface area contributed by atoms with Crippen LogP contribution in [-0.4, -0.2) is 27.4 Å². The number of rotatable bonds is 7. The minimum Gasteiger partial charge on any atom is -0.381 e. The van der Waals surface area contributed by atoms with Crippen LogP contribution in [0.2, 0.25) is 0 Å². The summed E-state index contributed by atoms with van der Waals surface area (Å²) >= 11 is 0. The van der Waals surface area contributed by atoms with Gasteiger partial charge in [0.2, 0.25) is 10.0 Å². The fourth-order valence-electron chi connectivity index (χ4n) is 2.04. The molecule has 0 radical (unpaired) electrons. The highest BCUT2D eigenvalue weighted by Crippen LogP contribution is 2.16. The quantitative estimate of drug-likeness (QED) is 0.725. The summed E-state index contributed by atoms with van der Waals surface area (Å²) in [6.45, 7) is 4.71. The van der Waals surface area contributed by atoms with E-state index in [9.17, 15) is 8.42 Å². The van der Waals surface area contributed by atoms with Crippen LogP contribution in [0.3, 0.4) is 0 Å². The molecule has 0 saturated carbocycles. The summed E-state index contributed by atoms with van der Waals surface area (Å²) in [4.78, 5) is 0. The molecule has 1 aromatic rings. The van der Waals surface area contributed by atoms with Crippen LogP contribution in [0.15, 0.2) is 18.2 Å². The van der Waals surface area contributed by atoms with Gasteiger partial charge in [0, 0.05) is 26.2 Å². The minimum atomic E-state index is -3.26. The van der Waals surface area contributed by atoms with Crippen LogP contribution in [0.1, 0.15) is 23.6 Å². The molecule has 0 saturated heterocycles. The highest BCUT2D eigenvalue weighted by atomic mass is 32.2. The van der Waals surface area contributed by atoms with Gasteiger partial charge < -0.3 is 10.1 Å². The molecule has 0 atom stereocenters. The normalized spacial score (nSPS) is 14.6. The fraction of sp³-hybridized carbons (Fsp3) is 0.538. The van der Waals surface area contributed by atoms with Gasteiger partial charge in [0.1, 0.15) is 0 Å². The number of ether oxygens (including phenoxy) is 1. The number of hydrogen-bond acceptors (Lipinski definition) is 4. The number of hydrogen-bond donors (Lipinski definition) is 2. The molecular formula is C13H20N2O3S. The molecule has 106 valence electrons. The Hall–Kier alpha value is -0.950. The molecule has 1 aliphatic rings. The third-order valence-corrected chi connectivity index (χ3v) is 4.39. The first-order chi connectivity index (χ1) is 9.11. The van der Waals surface area contributed by atoms with Crippen molar-refractivity contribution in [3.63, 3.8) is 0 Å². The Morgan fingerprint density at radius 2 is 2.11 bits per heavy atom. The van der Waals surface area contributed by atoms with Gasteiger partial charge in [-0.15, -0.1) is 0 Å². The number of nitrogens with one attached hydrogen (secondary N) is 2. The van der Waals surface area contributed by atoms with Gasteiger partial charge in [0.05, 0.1) is 12.4 Å². The second kappa shape index (κ2) is 6.47. The standard InChI is InChI=1S/C13H20N2O3S/c1-2-18-5-6-19(16,17)15-8-11-3-4-12-9-14-10-13(12)7-11/h3-4,7,14-15H,2,5-6,8-10H2,1H3. The van der Waals surface area contributed by atoms with E-state index >= 15 is 0 Å². The Morgan fingerprint density at radius 1 is 1.32 bits per heavy atom. The first-order valence-electron chi connectivity index (χ1n) is 6.47. The van der Waals surface area contributed by atoms with Gasteiger partial charge in [-0.25, -0.2) is 13.1 Å². The second-order valence-corrected chi connectivity index (χ2v) is 6.47. The predicted octanol–water partition coefficient (Wildman–Crippen LogP) is 0.746. The Morgan fingerprint density at radius 3 is 2.89 bits per heavy atom. The van der Waals surface area contributed by atoms with Crippen molar-refractivity contribution in [2.75, 3.05) is 19.0 Å². The van der Waals surface area contributed by atoms with Gasteiger partial charge in [0.15, 0.2) is 0 Å².